The molecule has 0 saturated heterocycles. The third kappa shape index (κ3) is 10.2. The molecule has 6 aliphatic rings. The number of benzene rings is 13. The minimum Gasteiger partial charge on any atom is -0.453 e. The summed E-state index contributed by atoms with van der Waals surface area (Å²) in [5.74, 6) is 5.63. The van der Waals surface area contributed by atoms with Crippen LogP contribution < -0.4 is 43.6 Å². The number of hydrogen-bond donors (Lipinski definition) is 0. The molecule has 0 unspecified atom stereocenters. The molecule has 15 nitrogen and oxygen atoms in total. The fourth-order valence-corrected chi connectivity index (χ4v) is 18.1. The van der Waals surface area contributed by atoms with Crippen molar-refractivity contribution in [2.75, 3.05) is 29.4 Å². The van der Waals surface area contributed by atoms with Gasteiger partial charge in [0.05, 0.1) is 140 Å². The number of para-hydroxylation sites is 12. The van der Waals surface area contributed by atoms with E-state index in [0.29, 0.717) is 68.7 Å². The standard InChI is InChI=1S/C99H72N12O3/c1-97(2)70-25-7-13-31-76(70)106(77-32-14-8-26-71(77)97)64-43-46-85-91(52-64)112-88-40-22-19-37-82(88)109(85)67-55-100-94(101-56-67)61-49-62(95-102-57-68(58-103-95)110-83-38-20-23-41-89(83)113-92-53-65(44-47-86(92)110)107-78-33-15-9-27-72(78)98(3,4)73-28-10-16-34-79(73)107)51-63(50-61)96-104-59-69(60-105-96)111-84-39-21-24-42-90(84)114-93-54-66(45-48-87(93)111)108-80-35-17-11-29-74(80)99(5,6)75-30-12-18-36-81(75)108/h7-60H,1-6H3. The molecule has 546 valence electrons. The highest BCUT2D eigenvalue weighted by molar-refractivity contribution is 5.96. The Kier molecular flexibility index (Phi) is 14.6. The van der Waals surface area contributed by atoms with Gasteiger partial charge in [0.2, 0.25) is 0 Å². The molecule has 15 heteroatoms. The van der Waals surface area contributed by atoms with Gasteiger partial charge < -0.3 is 43.6 Å². The van der Waals surface area contributed by atoms with Crippen LogP contribution in [0.3, 0.4) is 0 Å². The maximum atomic E-state index is 6.87. The molecule has 6 aliphatic heterocycles. The third-order valence-corrected chi connectivity index (χ3v) is 23.6. The highest BCUT2D eigenvalue weighted by Crippen LogP contribution is 2.61. The van der Waals surface area contributed by atoms with E-state index in [4.69, 9.17) is 44.1 Å². The molecular weight excluding hydrogens is 1410 g/mol. The van der Waals surface area contributed by atoms with Crippen molar-refractivity contribution in [1.29, 1.82) is 0 Å². The Labute approximate surface area is 660 Å². The Morgan fingerprint density at radius 3 is 0.623 bits per heavy atom. The molecule has 0 radical (unpaired) electrons. The molecular formula is C99H72N12O3. The minimum absolute atomic E-state index is 0.209. The van der Waals surface area contributed by atoms with Crippen molar-refractivity contribution in [3.63, 3.8) is 0 Å². The van der Waals surface area contributed by atoms with Crippen LogP contribution in [-0.4, -0.2) is 29.9 Å². The van der Waals surface area contributed by atoms with Crippen molar-refractivity contribution < 1.29 is 14.2 Å². The first kappa shape index (κ1) is 66.3. The van der Waals surface area contributed by atoms with Gasteiger partial charge in [-0.05, 0) is 161 Å². The Bertz CT molecular complexity index is 5850. The van der Waals surface area contributed by atoms with Gasteiger partial charge in [0, 0.05) is 51.1 Å². The molecule has 0 saturated carbocycles. The lowest BCUT2D eigenvalue weighted by atomic mass is 9.73. The molecule has 0 amide bonds. The van der Waals surface area contributed by atoms with Gasteiger partial charge in [0.25, 0.3) is 0 Å². The van der Waals surface area contributed by atoms with Crippen LogP contribution in [0, 0.1) is 0 Å². The zero-order chi connectivity index (χ0) is 76.3. The molecule has 3 aromatic heterocycles. The smallest absolute Gasteiger partial charge is 0.159 e. The molecule has 16 aromatic rings. The zero-order valence-electron chi connectivity index (χ0n) is 63.3. The quantitative estimate of drug-likeness (QED) is 0.136. The van der Waals surface area contributed by atoms with Crippen molar-refractivity contribution in [3.05, 3.63) is 362 Å². The lowest BCUT2D eigenvalue weighted by Crippen LogP contribution is -2.30. The van der Waals surface area contributed by atoms with E-state index in [9.17, 15) is 0 Å². The van der Waals surface area contributed by atoms with Crippen LogP contribution >= 0.6 is 0 Å². The lowest BCUT2D eigenvalue weighted by Gasteiger charge is -2.42. The van der Waals surface area contributed by atoms with Gasteiger partial charge in [-0.15, -0.1) is 0 Å². The van der Waals surface area contributed by atoms with E-state index in [1.807, 2.05) is 110 Å². The predicted molar refractivity (Wildman–Crippen MR) is 454 cm³/mol. The van der Waals surface area contributed by atoms with Crippen LogP contribution in [0.1, 0.15) is 74.9 Å². The molecule has 114 heavy (non-hydrogen) atoms. The normalized spacial score (nSPS) is 14.9. The van der Waals surface area contributed by atoms with Gasteiger partial charge in [-0.25, -0.2) is 29.9 Å². The van der Waals surface area contributed by atoms with Crippen molar-refractivity contribution in [2.45, 2.75) is 57.8 Å². The van der Waals surface area contributed by atoms with E-state index in [1.54, 1.807) is 0 Å². The van der Waals surface area contributed by atoms with E-state index >= 15 is 0 Å². The van der Waals surface area contributed by atoms with Crippen LogP contribution in [0.4, 0.5) is 102 Å². The topological polar surface area (TPSA) is 124 Å². The van der Waals surface area contributed by atoms with Gasteiger partial charge in [0.1, 0.15) is 0 Å². The highest BCUT2D eigenvalue weighted by Gasteiger charge is 2.42. The summed E-state index contributed by atoms with van der Waals surface area (Å²) in [6.07, 6.45) is 11.3. The second-order valence-electron chi connectivity index (χ2n) is 31.2. The molecule has 0 N–H and O–H groups in total. The highest BCUT2D eigenvalue weighted by atomic mass is 16.5. The summed E-state index contributed by atoms with van der Waals surface area (Å²) in [4.78, 5) is 45.0. The van der Waals surface area contributed by atoms with E-state index in [1.165, 1.54) is 33.4 Å². The Balaban J connectivity index is 0.636. The summed E-state index contributed by atoms with van der Waals surface area (Å²) in [6.45, 7) is 13.8. The molecule has 0 aliphatic carbocycles. The molecule has 13 aromatic carbocycles. The molecule has 0 fully saturated rings. The molecule has 0 atom stereocenters. The number of aromatic nitrogens is 6. The predicted octanol–water partition coefficient (Wildman–Crippen LogP) is 26.1. The lowest BCUT2D eigenvalue weighted by molar-refractivity contribution is 0.477. The number of rotatable bonds is 9. The van der Waals surface area contributed by atoms with Crippen molar-refractivity contribution in [2.24, 2.45) is 0 Å². The van der Waals surface area contributed by atoms with Crippen molar-refractivity contribution >= 4 is 102 Å². The monoisotopic (exact) mass is 1480 g/mol. The third-order valence-electron chi connectivity index (χ3n) is 23.6. The Morgan fingerprint density at radius 2 is 0.386 bits per heavy atom. The van der Waals surface area contributed by atoms with Gasteiger partial charge in [-0.1, -0.05) is 187 Å². The first-order valence-electron chi connectivity index (χ1n) is 38.5. The second-order valence-corrected chi connectivity index (χ2v) is 31.2. The van der Waals surface area contributed by atoms with E-state index in [0.717, 1.165) is 102 Å². The first-order valence-corrected chi connectivity index (χ1v) is 38.5. The van der Waals surface area contributed by atoms with Crippen LogP contribution in [-0.2, 0) is 16.2 Å². The van der Waals surface area contributed by atoms with Gasteiger partial charge in [-0.2, -0.15) is 0 Å². The summed E-state index contributed by atoms with van der Waals surface area (Å²) >= 11 is 0. The van der Waals surface area contributed by atoms with Crippen LogP contribution in [0.15, 0.2) is 328 Å². The van der Waals surface area contributed by atoms with Gasteiger partial charge in [0.15, 0.2) is 52.0 Å². The largest absolute Gasteiger partial charge is 0.453 e. The molecule has 9 heterocycles. The second kappa shape index (κ2) is 25.2. The summed E-state index contributed by atoms with van der Waals surface area (Å²) in [6, 6.07) is 102. The Morgan fingerprint density at radius 1 is 0.193 bits per heavy atom. The molecule has 0 bridgehead atoms. The van der Waals surface area contributed by atoms with Gasteiger partial charge >= 0.3 is 0 Å². The number of nitrogens with zero attached hydrogens (tertiary/aromatic N) is 12. The van der Waals surface area contributed by atoms with Crippen molar-refractivity contribution in [1.82, 2.24) is 29.9 Å². The average Bonchev–Trinajstić information content (AvgIpc) is 0.726. The number of anilines is 18. The SMILES string of the molecule is CC1(C)c2ccccc2N(c2ccc3c(c2)Oc2ccccc2N3c2cnc(-c3cc(-c4ncc(N5c6ccccc6Oc6cc(N7c8ccccc8C(C)(C)c8ccccc87)ccc65)cn4)cc(-c4ncc(N5c6ccccc6Oc6cc(N7c8ccccc8C(C)(C)c8ccccc87)ccc65)cn4)c3)nc2)c2ccccc21. The summed E-state index contributed by atoms with van der Waals surface area (Å²) in [5.41, 5.74) is 26.0. The maximum Gasteiger partial charge on any atom is 0.159 e. The summed E-state index contributed by atoms with van der Waals surface area (Å²) in [7, 11) is 0. The fourth-order valence-electron chi connectivity index (χ4n) is 18.1. The van der Waals surface area contributed by atoms with Crippen molar-refractivity contribution in [3.8, 4) is 68.7 Å². The van der Waals surface area contributed by atoms with Crippen LogP contribution in [0.5, 0.6) is 34.5 Å². The number of ether oxygens (including phenoxy) is 3. The molecule has 0 spiro atoms. The minimum atomic E-state index is -0.209. The van der Waals surface area contributed by atoms with Crippen LogP contribution in [0.2, 0.25) is 0 Å². The maximum absolute atomic E-state index is 6.87. The number of hydrogen-bond acceptors (Lipinski definition) is 15. The summed E-state index contributed by atoms with van der Waals surface area (Å²) in [5, 5.41) is 0. The number of fused-ring (bicyclic) bond motifs is 12. The molecule has 22 rings (SSSR count). The Hall–Kier alpha value is -14.7. The van der Waals surface area contributed by atoms with Crippen LogP contribution in [0.25, 0.3) is 34.2 Å². The van der Waals surface area contributed by atoms with E-state index in [-0.39, 0.29) is 16.2 Å². The summed E-state index contributed by atoms with van der Waals surface area (Å²) < 4.78 is 20.6. The zero-order valence-corrected chi connectivity index (χ0v) is 63.3. The average molecular weight is 1480 g/mol. The van der Waals surface area contributed by atoms with Gasteiger partial charge in [-0.3, -0.25) is 0 Å². The first-order chi connectivity index (χ1) is 55.8. The van der Waals surface area contributed by atoms with E-state index < -0.39 is 0 Å². The fraction of sp³-hybridized carbons (Fsp3) is 0.0909. The van der Waals surface area contributed by atoms with E-state index in [2.05, 4.69) is 289 Å².